The van der Waals surface area contributed by atoms with Crippen molar-refractivity contribution < 1.29 is 57.2 Å². The molecule has 0 spiro atoms. The van der Waals surface area contributed by atoms with Gasteiger partial charge in [0.05, 0.1) is 0 Å². The highest BCUT2D eigenvalue weighted by atomic mass is 16.6. The molecule has 0 aliphatic heterocycles. The van der Waals surface area contributed by atoms with E-state index in [-0.39, 0.29) is 74.7 Å². The van der Waals surface area contributed by atoms with Gasteiger partial charge >= 0.3 is 29.8 Å². The summed E-state index contributed by atoms with van der Waals surface area (Å²) in [5.74, 6) is -1.59. The Hall–Kier alpha value is -3.18. The normalized spacial score (nSPS) is 12.9. The minimum Gasteiger partial charge on any atom is -0.465 e. The second kappa shape index (κ2) is 54.6. The standard InChI is InChI=1S/C62H114O12/c1-6-9-12-15-18-24-33-42-56(71-53-63)43-34-27-21-30-39-48-60(66)69-51-59(74-62(68)50-41-32-23-29-38-47-58(73-55(5)65)45-36-26-20-17-14-11-8-3)52-70-61(67)49-40-31-22-28-37-46-57(72-54(4)64)44-35-25-19-16-13-10-7-2/h53,56-59H,6-52H2,1-5H3. The minimum absolute atomic E-state index is 0.0209. The van der Waals surface area contributed by atoms with Crippen LogP contribution in [0.15, 0.2) is 0 Å². The molecule has 0 aromatic carbocycles. The summed E-state index contributed by atoms with van der Waals surface area (Å²) in [4.78, 5) is 73.1. The molecule has 0 rings (SSSR count). The van der Waals surface area contributed by atoms with Gasteiger partial charge in [-0.05, 0) is 96.3 Å². The van der Waals surface area contributed by atoms with Crippen LogP contribution in [0, 0.1) is 0 Å². The van der Waals surface area contributed by atoms with Gasteiger partial charge in [0.2, 0.25) is 0 Å². The predicted octanol–water partition coefficient (Wildman–Crippen LogP) is 17.0. The van der Waals surface area contributed by atoms with E-state index in [1.807, 2.05) is 0 Å². The minimum atomic E-state index is -0.890. The van der Waals surface area contributed by atoms with E-state index in [1.54, 1.807) is 0 Å². The van der Waals surface area contributed by atoms with E-state index in [0.29, 0.717) is 25.7 Å². The fraction of sp³-hybridized carbons (Fsp3) is 0.903. The summed E-state index contributed by atoms with van der Waals surface area (Å²) >= 11 is 0. The van der Waals surface area contributed by atoms with Crippen LogP contribution in [0.4, 0.5) is 0 Å². The van der Waals surface area contributed by atoms with E-state index in [9.17, 15) is 28.8 Å². The lowest BCUT2D eigenvalue weighted by atomic mass is 10.0. The number of unbranched alkanes of at least 4 members (excludes halogenated alkanes) is 30. The summed E-state index contributed by atoms with van der Waals surface area (Å²) in [6.07, 6.45) is 44.3. The SMILES string of the molecule is CCCCCCCCCC(CCCCCCCC(=O)OCC(COC(=O)CCCCCCCC(CCCCCCCCC)OC(C)=O)OC(=O)CCCCCCCC(CCCCCCCCC)OC(C)=O)OC=O. The molecule has 0 saturated heterocycles. The van der Waals surface area contributed by atoms with E-state index in [0.717, 1.165) is 135 Å². The second-order valence-corrected chi connectivity index (χ2v) is 21.4. The Morgan fingerprint density at radius 1 is 0.311 bits per heavy atom. The lowest BCUT2D eigenvalue weighted by molar-refractivity contribution is -0.167. The molecule has 0 amide bonds. The summed E-state index contributed by atoms with van der Waals surface area (Å²) in [5, 5.41) is 0. The van der Waals surface area contributed by atoms with Crippen molar-refractivity contribution in [3.63, 3.8) is 0 Å². The van der Waals surface area contributed by atoms with Crippen LogP contribution in [0.2, 0.25) is 0 Å². The second-order valence-electron chi connectivity index (χ2n) is 21.4. The van der Waals surface area contributed by atoms with Crippen molar-refractivity contribution in [1.82, 2.24) is 0 Å². The van der Waals surface area contributed by atoms with Crippen LogP contribution >= 0.6 is 0 Å². The zero-order chi connectivity index (χ0) is 54.4. The van der Waals surface area contributed by atoms with Crippen LogP contribution in [0.5, 0.6) is 0 Å². The zero-order valence-corrected chi connectivity index (χ0v) is 48.5. The summed E-state index contributed by atoms with van der Waals surface area (Å²) < 4.78 is 33.5. The van der Waals surface area contributed by atoms with E-state index in [4.69, 9.17) is 28.4 Å². The van der Waals surface area contributed by atoms with Gasteiger partial charge in [-0.25, -0.2) is 0 Å². The highest BCUT2D eigenvalue weighted by Gasteiger charge is 2.20. The number of carbonyl (C=O) groups excluding carboxylic acids is 6. The largest absolute Gasteiger partial charge is 0.465 e. The van der Waals surface area contributed by atoms with Crippen LogP contribution in [-0.4, -0.2) is 73.9 Å². The topological polar surface area (TPSA) is 158 Å². The van der Waals surface area contributed by atoms with Crippen molar-refractivity contribution in [3.05, 3.63) is 0 Å². The number of ether oxygens (including phenoxy) is 6. The van der Waals surface area contributed by atoms with Gasteiger partial charge in [-0.1, -0.05) is 194 Å². The first kappa shape index (κ1) is 70.8. The third kappa shape index (κ3) is 51.0. The highest BCUT2D eigenvalue weighted by molar-refractivity contribution is 5.71. The molecular formula is C62H114O12. The molecular weight excluding hydrogens is 937 g/mol. The lowest BCUT2D eigenvalue weighted by Gasteiger charge is -2.18. The molecule has 12 heteroatoms. The number of carbonyl (C=O) groups is 6. The smallest absolute Gasteiger partial charge is 0.306 e. The van der Waals surface area contributed by atoms with E-state index in [2.05, 4.69) is 20.8 Å². The molecule has 0 aliphatic rings. The van der Waals surface area contributed by atoms with Crippen molar-refractivity contribution in [3.8, 4) is 0 Å². The third-order valence-corrected chi connectivity index (χ3v) is 14.2. The summed E-state index contributed by atoms with van der Waals surface area (Å²) in [5.41, 5.74) is 0. The maximum absolute atomic E-state index is 13.0. The average Bonchev–Trinajstić information content (AvgIpc) is 3.37. The van der Waals surface area contributed by atoms with Crippen molar-refractivity contribution in [2.75, 3.05) is 13.2 Å². The number of hydrogen-bond acceptors (Lipinski definition) is 12. The maximum atomic E-state index is 13.0. The molecule has 4 unspecified atom stereocenters. The first-order chi connectivity index (χ1) is 36.0. The molecule has 0 heterocycles. The van der Waals surface area contributed by atoms with Crippen molar-refractivity contribution >= 4 is 36.3 Å². The molecule has 0 aromatic heterocycles. The molecule has 12 nitrogen and oxygen atoms in total. The average molecular weight is 1050 g/mol. The molecule has 0 fully saturated rings. The maximum Gasteiger partial charge on any atom is 0.306 e. The summed E-state index contributed by atoms with van der Waals surface area (Å²) in [7, 11) is 0. The Labute approximate surface area is 453 Å². The van der Waals surface area contributed by atoms with Gasteiger partial charge in [0.1, 0.15) is 31.5 Å². The monoisotopic (exact) mass is 1050 g/mol. The molecule has 0 aromatic rings. The van der Waals surface area contributed by atoms with E-state index < -0.39 is 12.1 Å². The lowest BCUT2D eigenvalue weighted by Crippen LogP contribution is -2.30. The molecule has 0 N–H and O–H groups in total. The Bertz CT molecular complexity index is 1320. The molecule has 0 bridgehead atoms. The number of hydrogen-bond donors (Lipinski definition) is 0. The van der Waals surface area contributed by atoms with Gasteiger partial charge < -0.3 is 28.4 Å². The Kier molecular flexibility index (Phi) is 52.3. The fourth-order valence-corrected chi connectivity index (χ4v) is 9.73. The highest BCUT2D eigenvalue weighted by Crippen LogP contribution is 2.21. The van der Waals surface area contributed by atoms with Crippen LogP contribution < -0.4 is 0 Å². The van der Waals surface area contributed by atoms with Gasteiger partial charge in [-0.15, -0.1) is 0 Å². The Morgan fingerprint density at radius 3 is 0.851 bits per heavy atom. The van der Waals surface area contributed by atoms with Gasteiger partial charge in [-0.2, -0.15) is 0 Å². The van der Waals surface area contributed by atoms with Crippen LogP contribution in [0.3, 0.4) is 0 Å². The summed E-state index contributed by atoms with van der Waals surface area (Å²) in [6.45, 7) is 9.87. The predicted molar refractivity (Wildman–Crippen MR) is 299 cm³/mol. The third-order valence-electron chi connectivity index (χ3n) is 14.2. The molecule has 0 radical (unpaired) electrons. The Morgan fingerprint density at radius 2 is 0.568 bits per heavy atom. The zero-order valence-electron chi connectivity index (χ0n) is 48.5. The van der Waals surface area contributed by atoms with E-state index in [1.165, 1.54) is 129 Å². The first-order valence-electron chi connectivity index (χ1n) is 31.0. The van der Waals surface area contributed by atoms with Crippen molar-refractivity contribution in [1.29, 1.82) is 0 Å². The molecule has 434 valence electrons. The van der Waals surface area contributed by atoms with Crippen LogP contribution in [-0.2, 0) is 57.2 Å². The first-order valence-corrected chi connectivity index (χ1v) is 31.0. The fourth-order valence-electron chi connectivity index (χ4n) is 9.73. The van der Waals surface area contributed by atoms with E-state index >= 15 is 0 Å². The van der Waals surface area contributed by atoms with Crippen molar-refractivity contribution in [2.45, 2.75) is 348 Å². The summed E-state index contributed by atoms with van der Waals surface area (Å²) in [6, 6.07) is 0. The number of rotatable bonds is 57. The Balaban J connectivity index is 4.84. The van der Waals surface area contributed by atoms with Gasteiger partial charge in [0.15, 0.2) is 6.10 Å². The van der Waals surface area contributed by atoms with Crippen molar-refractivity contribution in [2.24, 2.45) is 0 Å². The van der Waals surface area contributed by atoms with Crippen LogP contribution in [0.25, 0.3) is 0 Å². The van der Waals surface area contributed by atoms with Gasteiger partial charge in [0.25, 0.3) is 6.47 Å². The molecule has 74 heavy (non-hydrogen) atoms. The number of esters is 5. The van der Waals surface area contributed by atoms with Gasteiger partial charge in [-0.3, -0.25) is 28.8 Å². The quantitative estimate of drug-likeness (QED) is 0.0246. The molecule has 4 atom stereocenters. The molecule has 0 saturated carbocycles. The van der Waals surface area contributed by atoms with Crippen LogP contribution in [0.1, 0.15) is 324 Å². The van der Waals surface area contributed by atoms with Gasteiger partial charge in [0, 0.05) is 33.1 Å². The molecule has 0 aliphatic carbocycles.